The van der Waals surface area contributed by atoms with E-state index < -0.39 is 0 Å². The summed E-state index contributed by atoms with van der Waals surface area (Å²) < 4.78 is 1.35. The van der Waals surface area contributed by atoms with E-state index >= 15 is 0 Å². The largest absolute Gasteiger partial charge is 0.382 e. The molecule has 0 amide bonds. The van der Waals surface area contributed by atoms with E-state index in [1.54, 1.807) is 12.1 Å². The molecule has 7 nitrogen and oxygen atoms in total. The predicted molar refractivity (Wildman–Crippen MR) is 67.5 cm³/mol. The van der Waals surface area contributed by atoms with Gasteiger partial charge in [0.1, 0.15) is 17.5 Å². The maximum absolute atomic E-state index is 9.05. The van der Waals surface area contributed by atoms with Gasteiger partial charge in [-0.05, 0) is 19.1 Å². The van der Waals surface area contributed by atoms with Gasteiger partial charge in [0.15, 0.2) is 16.8 Å². The van der Waals surface area contributed by atoms with Crippen molar-refractivity contribution in [1.29, 1.82) is 5.26 Å². The molecule has 8 heteroatoms. The molecule has 0 unspecified atom stereocenters. The molecule has 0 radical (unpaired) electrons. The van der Waals surface area contributed by atoms with Crippen molar-refractivity contribution < 1.29 is 0 Å². The fraction of sp³-hybridized carbons (Fsp3) is 0.200. The Morgan fingerprint density at radius 1 is 1.50 bits per heavy atom. The minimum Gasteiger partial charge on any atom is -0.382 e. The first-order chi connectivity index (χ1) is 8.67. The number of anilines is 2. The Morgan fingerprint density at radius 3 is 2.83 bits per heavy atom. The number of hydrogen-bond donors (Lipinski definition) is 2. The van der Waals surface area contributed by atoms with E-state index in [4.69, 9.17) is 22.6 Å². The molecule has 2 heterocycles. The van der Waals surface area contributed by atoms with Gasteiger partial charge in [-0.15, -0.1) is 15.3 Å². The lowest BCUT2D eigenvalue weighted by molar-refractivity contribution is 0.823. The summed E-state index contributed by atoms with van der Waals surface area (Å²) in [4.78, 5) is 0. The van der Waals surface area contributed by atoms with E-state index in [9.17, 15) is 0 Å². The van der Waals surface area contributed by atoms with Crippen molar-refractivity contribution in [3.63, 3.8) is 0 Å². The van der Waals surface area contributed by atoms with Gasteiger partial charge in [0.05, 0.1) is 0 Å². The number of nitrogens with one attached hydrogen (secondary N) is 1. The highest BCUT2D eigenvalue weighted by atomic mass is 35.5. The van der Waals surface area contributed by atoms with Crippen LogP contribution in [-0.2, 0) is 0 Å². The minimum absolute atomic E-state index is 0.213. The molecule has 0 saturated carbocycles. The van der Waals surface area contributed by atoms with Gasteiger partial charge in [-0.2, -0.15) is 9.94 Å². The van der Waals surface area contributed by atoms with Crippen LogP contribution in [-0.4, -0.2) is 26.5 Å². The van der Waals surface area contributed by atoms with E-state index in [1.807, 2.05) is 13.0 Å². The predicted octanol–water partition coefficient (Wildman–Crippen LogP) is 1.20. The van der Waals surface area contributed by atoms with Crippen molar-refractivity contribution in [2.45, 2.75) is 6.92 Å². The van der Waals surface area contributed by atoms with Crippen molar-refractivity contribution in [3.8, 4) is 11.9 Å². The number of aromatic nitrogens is 4. The molecule has 0 fully saturated rings. The molecule has 0 atom stereocenters. The van der Waals surface area contributed by atoms with E-state index in [-0.39, 0.29) is 16.5 Å². The van der Waals surface area contributed by atoms with E-state index in [0.29, 0.717) is 18.2 Å². The van der Waals surface area contributed by atoms with Crippen LogP contribution in [0.1, 0.15) is 12.5 Å². The van der Waals surface area contributed by atoms with Gasteiger partial charge < -0.3 is 11.1 Å². The fourth-order valence-electron chi connectivity index (χ4n) is 1.43. The van der Waals surface area contributed by atoms with Gasteiger partial charge >= 0.3 is 0 Å². The highest BCUT2D eigenvalue weighted by Crippen LogP contribution is 2.23. The maximum atomic E-state index is 9.05. The quantitative estimate of drug-likeness (QED) is 0.862. The number of hydrogen-bond acceptors (Lipinski definition) is 6. The second-order valence-corrected chi connectivity index (χ2v) is 3.76. The second kappa shape index (κ2) is 4.89. The van der Waals surface area contributed by atoms with Crippen LogP contribution >= 0.6 is 11.6 Å². The van der Waals surface area contributed by atoms with Gasteiger partial charge in [-0.25, -0.2) is 0 Å². The van der Waals surface area contributed by atoms with Crippen molar-refractivity contribution in [2.75, 3.05) is 17.6 Å². The molecule has 3 N–H and O–H groups in total. The van der Waals surface area contributed by atoms with Gasteiger partial charge in [0.25, 0.3) is 0 Å². The summed E-state index contributed by atoms with van der Waals surface area (Å²) in [6, 6.07) is 5.20. The second-order valence-electron chi connectivity index (χ2n) is 3.38. The summed E-state index contributed by atoms with van der Waals surface area (Å²) in [6.07, 6.45) is 0. The molecule has 0 spiro atoms. The SMILES string of the molecule is CCNc1nn(-c2ccc(Cl)nn2)c(N)c1C#N. The van der Waals surface area contributed by atoms with Crippen molar-refractivity contribution in [2.24, 2.45) is 0 Å². The average Bonchev–Trinajstić information content (AvgIpc) is 2.67. The molecule has 92 valence electrons. The van der Waals surface area contributed by atoms with Crippen molar-refractivity contribution in [3.05, 3.63) is 22.8 Å². The number of nitriles is 1. The lowest BCUT2D eigenvalue weighted by Crippen LogP contribution is -2.05. The van der Waals surface area contributed by atoms with E-state index in [2.05, 4.69) is 20.6 Å². The molecule has 0 aromatic carbocycles. The van der Waals surface area contributed by atoms with Crippen molar-refractivity contribution >= 4 is 23.2 Å². The standard InChI is InChI=1S/C10H10ClN7/c1-2-14-10-6(5-12)9(13)18(17-10)8-4-3-7(11)15-16-8/h3-4H,2,13H2,1H3,(H,14,17). The third-order valence-electron chi connectivity index (χ3n) is 2.21. The highest BCUT2D eigenvalue weighted by molar-refractivity contribution is 6.29. The van der Waals surface area contributed by atoms with Crippen molar-refractivity contribution in [1.82, 2.24) is 20.0 Å². The molecule has 0 aliphatic heterocycles. The van der Waals surface area contributed by atoms with Crippen LogP contribution in [0.25, 0.3) is 5.82 Å². The zero-order chi connectivity index (χ0) is 13.1. The van der Waals surface area contributed by atoms with Gasteiger partial charge in [0.2, 0.25) is 0 Å². The summed E-state index contributed by atoms with van der Waals surface area (Å²) in [7, 11) is 0. The number of halogens is 1. The summed E-state index contributed by atoms with van der Waals surface area (Å²) in [5, 5.41) is 24.0. The summed E-state index contributed by atoms with van der Waals surface area (Å²) in [5.41, 5.74) is 6.14. The number of rotatable bonds is 3. The molecule has 2 aromatic heterocycles. The minimum atomic E-state index is 0.213. The van der Waals surface area contributed by atoms with Crippen LogP contribution in [0.4, 0.5) is 11.6 Å². The Bertz CT molecular complexity index is 596. The van der Waals surface area contributed by atoms with Gasteiger partial charge in [-0.1, -0.05) is 11.6 Å². The van der Waals surface area contributed by atoms with Gasteiger partial charge in [0, 0.05) is 6.54 Å². The van der Waals surface area contributed by atoms with E-state index in [0.717, 1.165) is 0 Å². The molecule has 2 aromatic rings. The monoisotopic (exact) mass is 263 g/mol. The highest BCUT2D eigenvalue weighted by Gasteiger charge is 2.16. The zero-order valence-electron chi connectivity index (χ0n) is 9.55. The summed E-state index contributed by atoms with van der Waals surface area (Å²) in [5.74, 6) is 1.04. The Balaban J connectivity index is 2.52. The van der Waals surface area contributed by atoms with Crippen LogP contribution in [0.5, 0.6) is 0 Å². The smallest absolute Gasteiger partial charge is 0.178 e. The number of nitrogens with zero attached hydrogens (tertiary/aromatic N) is 5. The topological polar surface area (TPSA) is 105 Å². The molecule has 0 saturated heterocycles. The molecule has 0 aliphatic carbocycles. The third kappa shape index (κ3) is 2.06. The molecular formula is C10H10ClN7. The Morgan fingerprint density at radius 2 is 2.28 bits per heavy atom. The first-order valence-electron chi connectivity index (χ1n) is 5.19. The lowest BCUT2D eigenvalue weighted by atomic mass is 10.3. The maximum Gasteiger partial charge on any atom is 0.178 e. The first kappa shape index (κ1) is 12.1. The third-order valence-corrected chi connectivity index (χ3v) is 2.41. The summed E-state index contributed by atoms with van der Waals surface area (Å²) in [6.45, 7) is 2.54. The fourth-order valence-corrected chi connectivity index (χ4v) is 1.53. The Kier molecular flexibility index (Phi) is 3.30. The summed E-state index contributed by atoms with van der Waals surface area (Å²) >= 11 is 5.65. The van der Waals surface area contributed by atoms with Gasteiger partial charge in [-0.3, -0.25) is 0 Å². The molecule has 18 heavy (non-hydrogen) atoms. The van der Waals surface area contributed by atoms with E-state index in [1.165, 1.54) is 4.68 Å². The van der Waals surface area contributed by atoms with Crippen LogP contribution in [0, 0.1) is 11.3 Å². The number of nitrogen functional groups attached to an aromatic ring is 1. The molecule has 2 rings (SSSR count). The van der Waals surface area contributed by atoms with Crippen LogP contribution in [0.3, 0.4) is 0 Å². The van der Waals surface area contributed by atoms with Crippen LogP contribution in [0.2, 0.25) is 5.15 Å². The van der Waals surface area contributed by atoms with Crippen LogP contribution < -0.4 is 11.1 Å². The molecule has 0 aliphatic rings. The Hall–Kier alpha value is -2.33. The molecular weight excluding hydrogens is 254 g/mol. The van der Waals surface area contributed by atoms with Crippen LogP contribution in [0.15, 0.2) is 12.1 Å². The number of nitrogens with two attached hydrogens (primary N) is 1. The zero-order valence-corrected chi connectivity index (χ0v) is 10.3. The normalized spacial score (nSPS) is 10.1. The average molecular weight is 264 g/mol. The first-order valence-corrected chi connectivity index (χ1v) is 5.57. The Labute approximate surface area is 108 Å². The lowest BCUT2D eigenvalue weighted by Gasteiger charge is -2.00. The molecule has 0 bridgehead atoms.